The van der Waals surface area contributed by atoms with Gasteiger partial charge in [-0.15, -0.1) is 0 Å². The molecule has 9 heteroatoms. The quantitative estimate of drug-likeness (QED) is 0.103. The lowest BCUT2D eigenvalue weighted by molar-refractivity contribution is -0.176. The Kier molecular flexibility index (Phi) is 13.5. The first kappa shape index (κ1) is 40.3. The van der Waals surface area contributed by atoms with E-state index in [4.69, 9.17) is 9.47 Å². The van der Waals surface area contributed by atoms with Crippen molar-refractivity contribution in [2.45, 2.75) is 181 Å². The maximum Gasteiger partial charge on any atom is 0.471 e. The first-order valence-corrected chi connectivity index (χ1v) is 20.5. The Hall–Kier alpha value is -1.90. The minimum atomic E-state index is -4.99. The lowest BCUT2D eigenvalue weighted by Crippen LogP contribution is -2.51. The molecule has 1 N–H and O–H groups in total. The Morgan fingerprint density at radius 2 is 1.67 bits per heavy atom. The van der Waals surface area contributed by atoms with Gasteiger partial charge in [-0.3, -0.25) is 14.4 Å². The summed E-state index contributed by atoms with van der Waals surface area (Å²) >= 11 is 0. The van der Waals surface area contributed by atoms with Gasteiger partial charge in [-0.1, -0.05) is 72.0 Å². The van der Waals surface area contributed by atoms with E-state index in [1.165, 1.54) is 57.8 Å². The van der Waals surface area contributed by atoms with Crippen molar-refractivity contribution in [2.24, 2.45) is 46.3 Å². The minimum absolute atomic E-state index is 0.0280. The molecule has 5 aliphatic rings. The molecule has 4 fully saturated rings. The van der Waals surface area contributed by atoms with E-state index in [0.717, 1.165) is 48.3 Å². The highest BCUT2D eigenvalue weighted by atomic mass is 19.4. The van der Waals surface area contributed by atoms with Crippen molar-refractivity contribution in [3.63, 3.8) is 0 Å². The maximum absolute atomic E-state index is 12.7. The van der Waals surface area contributed by atoms with Crippen LogP contribution in [0.4, 0.5) is 13.2 Å². The molecular weight excluding hydrogens is 655 g/mol. The summed E-state index contributed by atoms with van der Waals surface area (Å²) in [5, 5.41) is 1.97. The van der Waals surface area contributed by atoms with E-state index in [9.17, 15) is 27.6 Å². The van der Waals surface area contributed by atoms with Crippen molar-refractivity contribution in [1.29, 1.82) is 0 Å². The van der Waals surface area contributed by atoms with E-state index >= 15 is 0 Å². The molecule has 0 spiro atoms. The number of hydrogen-bond donors (Lipinski definition) is 1. The van der Waals surface area contributed by atoms with Gasteiger partial charge < -0.3 is 14.8 Å². The van der Waals surface area contributed by atoms with Crippen LogP contribution >= 0.6 is 0 Å². The molecular formula is C42H66F3NO5. The lowest BCUT2D eigenvalue weighted by Gasteiger charge is -2.58. The fraction of sp³-hybridized carbons (Fsp3) is 0.881. The second-order valence-corrected chi connectivity index (χ2v) is 18.1. The Balaban J connectivity index is 1.02. The molecule has 5 rings (SSSR count). The third-order valence-corrected chi connectivity index (χ3v) is 14.4. The molecule has 51 heavy (non-hydrogen) atoms. The number of ether oxygens (including phenoxy) is 2. The summed E-state index contributed by atoms with van der Waals surface area (Å²) in [5.74, 6) is 2.25. The highest BCUT2D eigenvalue weighted by Crippen LogP contribution is 2.67. The summed E-state index contributed by atoms with van der Waals surface area (Å²) in [5.41, 5.74) is 2.38. The molecule has 0 aromatic heterocycles. The summed E-state index contributed by atoms with van der Waals surface area (Å²) in [6.07, 6.45) is 14.0. The number of esters is 1. The molecule has 10 atom stereocenters. The molecule has 0 aromatic carbocycles. The monoisotopic (exact) mass is 721 g/mol. The van der Waals surface area contributed by atoms with Crippen LogP contribution in [0.2, 0.25) is 0 Å². The van der Waals surface area contributed by atoms with Crippen molar-refractivity contribution < 1.29 is 37.0 Å². The number of halogens is 3. The Morgan fingerprint density at radius 1 is 0.902 bits per heavy atom. The third-order valence-electron chi connectivity index (χ3n) is 14.4. The van der Waals surface area contributed by atoms with Gasteiger partial charge in [-0.05, 0) is 123 Å². The number of Topliss-reactive ketones (excluding diaryl/α,β-unsaturated/α-hetero) is 1. The van der Waals surface area contributed by atoms with E-state index in [-0.39, 0.29) is 30.1 Å². The highest BCUT2D eigenvalue weighted by Gasteiger charge is 2.59. The van der Waals surface area contributed by atoms with Crippen LogP contribution in [0, 0.1) is 46.3 Å². The van der Waals surface area contributed by atoms with Gasteiger partial charge in [0.1, 0.15) is 11.9 Å². The van der Waals surface area contributed by atoms with Gasteiger partial charge >= 0.3 is 18.1 Å². The maximum atomic E-state index is 12.7. The van der Waals surface area contributed by atoms with Crippen molar-refractivity contribution in [2.75, 3.05) is 6.61 Å². The molecule has 0 aliphatic heterocycles. The molecule has 0 radical (unpaired) electrons. The van der Waals surface area contributed by atoms with Crippen LogP contribution in [-0.2, 0) is 23.9 Å². The zero-order valence-electron chi connectivity index (χ0n) is 32.1. The van der Waals surface area contributed by atoms with E-state index in [0.29, 0.717) is 50.5 Å². The van der Waals surface area contributed by atoms with E-state index < -0.39 is 30.2 Å². The van der Waals surface area contributed by atoms with Crippen LogP contribution in [0.15, 0.2) is 11.6 Å². The molecule has 1 amide bonds. The van der Waals surface area contributed by atoms with E-state index in [1.807, 2.05) is 5.32 Å². The topological polar surface area (TPSA) is 81.7 Å². The van der Waals surface area contributed by atoms with Gasteiger partial charge in [-0.2, -0.15) is 13.2 Å². The number of nitrogens with one attached hydrogen (secondary N) is 1. The third kappa shape index (κ3) is 9.62. The largest absolute Gasteiger partial charge is 0.471 e. The smallest absolute Gasteiger partial charge is 0.460 e. The second kappa shape index (κ2) is 17.1. The van der Waals surface area contributed by atoms with E-state index in [1.54, 1.807) is 5.57 Å². The molecule has 290 valence electrons. The average Bonchev–Trinajstić information content (AvgIpc) is 3.43. The molecule has 5 aliphatic carbocycles. The minimum Gasteiger partial charge on any atom is -0.460 e. The number of amides is 1. The number of carbonyl (C=O) groups is 3. The normalized spacial score (nSPS) is 35.6. The van der Waals surface area contributed by atoms with Crippen LogP contribution in [0.25, 0.3) is 0 Å². The first-order chi connectivity index (χ1) is 24.1. The average molecular weight is 722 g/mol. The number of hydrogen-bond acceptors (Lipinski definition) is 5. The van der Waals surface area contributed by atoms with Crippen LogP contribution < -0.4 is 5.32 Å². The number of allylic oxidation sites excluding steroid dienone is 1. The zero-order chi connectivity index (χ0) is 37.0. The molecule has 4 saturated carbocycles. The predicted molar refractivity (Wildman–Crippen MR) is 193 cm³/mol. The summed E-state index contributed by atoms with van der Waals surface area (Å²) < 4.78 is 49.9. The van der Waals surface area contributed by atoms with Crippen molar-refractivity contribution in [1.82, 2.24) is 5.32 Å². The number of rotatable bonds is 15. The first-order valence-electron chi connectivity index (χ1n) is 20.5. The standard InChI is InChI=1S/C42H66F3NO5/c1-27(2)10-8-11-28(3)33-18-19-34-32-17-15-29-26-31(21-23-40(29,4)35(32)22-24-41(33,34)5)50-25-9-12-30(47)16-20-38(48)51-37-14-7-6-13-36(37)46-39(49)42(43,44)45/h15,27-28,31-37H,6-14,16-26H2,1-5H3,(H,46,49)/t28-,31+,32?,33-,34?,35?,36-,37-,40+,41-/m1/s1. The van der Waals surface area contributed by atoms with Gasteiger partial charge in [0.15, 0.2) is 0 Å². The van der Waals surface area contributed by atoms with Crippen molar-refractivity contribution >= 4 is 17.7 Å². The van der Waals surface area contributed by atoms with Crippen LogP contribution in [0.1, 0.15) is 157 Å². The number of fused-ring (bicyclic) bond motifs is 5. The Bertz CT molecular complexity index is 1250. The molecule has 0 bridgehead atoms. The molecule has 0 heterocycles. The highest BCUT2D eigenvalue weighted by molar-refractivity contribution is 5.83. The number of carbonyl (C=O) groups excluding carboxylic acids is 3. The van der Waals surface area contributed by atoms with Crippen LogP contribution in [-0.4, -0.2) is 48.7 Å². The second-order valence-electron chi connectivity index (χ2n) is 18.1. The summed E-state index contributed by atoms with van der Waals surface area (Å²) in [4.78, 5) is 36.4. The lowest BCUT2D eigenvalue weighted by atomic mass is 9.47. The van der Waals surface area contributed by atoms with E-state index in [2.05, 4.69) is 40.7 Å². The number of ketones is 1. The van der Waals surface area contributed by atoms with Crippen LogP contribution in [0.3, 0.4) is 0 Å². The summed E-state index contributed by atoms with van der Waals surface area (Å²) in [6.45, 7) is 13.0. The molecule has 0 saturated heterocycles. The summed E-state index contributed by atoms with van der Waals surface area (Å²) in [7, 11) is 0. The van der Waals surface area contributed by atoms with Crippen molar-refractivity contribution in [3.05, 3.63) is 11.6 Å². The Labute approximate surface area is 305 Å². The van der Waals surface area contributed by atoms with Gasteiger partial charge in [0, 0.05) is 19.4 Å². The van der Waals surface area contributed by atoms with Gasteiger partial charge in [0.2, 0.25) is 0 Å². The van der Waals surface area contributed by atoms with Crippen LogP contribution in [0.5, 0.6) is 0 Å². The van der Waals surface area contributed by atoms with Crippen molar-refractivity contribution in [3.8, 4) is 0 Å². The molecule has 6 nitrogen and oxygen atoms in total. The zero-order valence-corrected chi connectivity index (χ0v) is 32.1. The molecule has 3 unspecified atom stereocenters. The SMILES string of the molecule is CC(C)CCC[C@@H](C)[C@H]1CCC2C3CC=C4C[C@@H](OCCCC(=O)CCC(=O)O[C@@H]5CCCC[C@H]5NC(=O)C(F)(F)F)CC[C@]4(C)C3CC[C@@]21C. The fourth-order valence-corrected chi connectivity index (χ4v) is 11.6. The van der Waals surface area contributed by atoms with Gasteiger partial charge in [-0.25, -0.2) is 0 Å². The number of alkyl halides is 3. The predicted octanol–water partition coefficient (Wildman–Crippen LogP) is 10.1. The molecule has 0 aromatic rings. The van der Waals surface area contributed by atoms with Gasteiger partial charge in [0.05, 0.1) is 18.6 Å². The fourth-order valence-electron chi connectivity index (χ4n) is 11.6. The summed E-state index contributed by atoms with van der Waals surface area (Å²) in [6, 6.07) is -0.871. The van der Waals surface area contributed by atoms with Gasteiger partial charge in [0.25, 0.3) is 0 Å². The Morgan fingerprint density at radius 3 is 2.41 bits per heavy atom.